The first-order valence-electron chi connectivity index (χ1n) is 11.3. The van der Waals surface area contributed by atoms with Crippen LogP contribution in [0.25, 0.3) is 10.9 Å². The molecule has 2 aromatic carbocycles. The third-order valence-corrected chi connectivity index (χ3v) is 7.21. The second-order valence-electron chi connectivity index (χ2n) is 9.33. The quantitative estimate of drug-likeness (QED) is 0.554. The number of amides is 2. The van der Waals surface area contributed by atoms with Crippen molar-refractivity contribution in [2.75, 3.05) is 4.90 Å². The summed E-state index contributed by atoms with van der Waals surface area (Å²) in [5, 5.41) is 4.26. The van der Waals surface area contributed by atoms with Crippen molar-refractivity contribution in [1.82, 2.24) is 9.88 Å². The summed E-state index contributed by atoms with van der Waals surface area (Å²) >= 11 is 6.16. The number of carbonyl (C=O) groups is 3. The van der Waals surface area contributed by atoms with Gasteiger partial charge in [-0.15, -0.1) is 0 Å². The van der Waals surface area contributed by atoms with Crippen LogP contribution in [0.15, 0.2) is 42.5 Å². The van der Waals surface area contributed by atoms with Crippen LogP contribution in [0, 0.1) is 13.8 Å². The Hall–Kier alpha value is -3.12. The third kappa shape index (κ3) is 3.27. The Bertz CT molecular complexity index is 1320. The van der Waals surface area contributed by atoms with Gasteiger partial charge in [0, 0.05) is 22.1 Å². The van der Waals surface area contributed by atoms with Crippen LogP contribution in [0.1, 0.15) is 59.0 Å². The van der Waals surface area contributed by atoms with E-state index in [0.29, 0.717) is 21.6 Å². The standard InChI is InChI=1S/C26H26ClN3O3/c1-15-8-10-20(16(2)12-15)30-23(31)22-14-17-13-18(27)9-11-21(17)29(22)25(33)26(30,3)24(32)28-19-6-4-5-7-19/h8-14,19H,4-7H2,1-3H3,(H,28,32)/t26-/m1/s1. The van der Waals surface area contributed by atoms with Crippen LogP contribution >= 0.6 is 11.6 Å². The lowest BCUT2D eigenvalue weighted by atomic mass is 9.91. The number of carbonyl (C=O) groups excluding carboxylic acids is 3. The molecule has 1 aromatic heterocycles. The van der Waals surface area contributed by atoms with Crippen molar-refractivity contribution in [2.24, 2.45) is 0 Å². The maximum atomic E-state index is 14.1. The summed E-state index contributed by atoms with van der Waals surface area (Å²) in [6.07, 6.45) is 3.85. The van der Waals surface area contributed by atoms with Gasteiger partial charge < -0.3 is 5.32 Å². The van der Waals surface area contributed by atoms with Crippen molar-refractivity contribution in [3.63, 3.8) is 0 Å². The first-order valence-corrected chi connectivity index (χ1v) is 11.7. The smallest absolute Gasteiger partial charge is 0.276 e. The number of hydrogen-bond donors (Lipinski definition) is 1. The van der Waals surface area contributed by atoms with Crippen LogP contribution in [-0.4, -0.2) is 33.9 Å². The third-order valence-electron chi connectivity index (χ3n) is 6.98. The van der Waals surface area contributed by atoms with Gasteiger partial charge >= 0.3 is 0 Å². The van der Waals surface area contributed by atoms with E-state index in [1.165, 1.54) is 9.47 Å². The Balaban J connectivity index is 1.73. The minimum absolute atomic E-state index is 0.0137. The Labute approximate surface area is 197 Å². The lowest BCUT2D eigenvalue weighted by Crippen LogP contribution is -2.69. The highest BCUT2D eigenvalue weighted by Gasteiger charge is 2.55. The maximum absolute atomic E-state index is 14.1. The summed E-state index contributed by atoms with van der Waals surface area (Å²) in [5.74, 6) is -1.29. The largest absolute Gasteiger partial charge is 0.351 e. The molecule has 1 saturated carbocycles. The van der Waals surface area contributed by atoms with Crippen molar-refractivity contribution in [3.8, 4) is 0 Å². The normalized spacial score (nSPS) is 21.0. The zero-order valence-corrected chi connectivity index (χ0v) is 19.7. The minimum atomic E-state index is -1.74. The molecule has 0 radical (unpaired) electrons. The molecule has 2 aliphatic rings. The van der Waals surface area contributed by atoms with E-state index in [1.807, 2.05) is 32.0 Å². The predicted octanol–water partition coefficient (Wildman–Crippen LogP) is 5.03. The maximum Gasteiger partial charge on any atom is 0.276 e. The SMILES string of the molecule is Cc1ccc(N2C(=O)c3cc4cc(Cl)ccc4n3C(=O)[C@@]2(C)C(=O)NC2CCCC2)c(C)c1. The lowest BCUT2D eigenvalue weighted by Gasteiger charge is -2.43. The van der Waals surface area contributed by atoms with Gasteiger partial charge in [0.1, 0.15) is 5.69 Å². The number of rotatable bonds is 3. The van der Waals surface area contributed by atoms with Crippen molar-refractivity contribution in [2.45, 2.75) is 58.0 Å². The topological polar surface area (TPSA) is 71.4 Å². The first kappa shape index (κ1) is 21.7. The van der Waals surface area contributed by atoms with E-state index in [0.717, 1.165) is 36.8 Å². The fraction of sp³-hybridized carbons (Fsp3) is 0.346. The summed E-state index contributed by atoms with van der Waals surface area (Å²) in [4.78, 5) is 43.2. The van der Waals surface area contributed by atoms with E-state index in [1.54, 1.807) is 31.2 Å². The number of nitrogens with one attached hydrogen (secondary N) is 1. The molecule has 7 heteroatoms. The van der Waals surface area contributed by atoms with Gasteiger partial charge in [0.05, 0.1) is 5.52 Å². The van der Waals surface area contributed by atoms with Gasteiger partial charge in [-0.3, -0.25) is 23.9 Å². The summed E-state index contributed by atoms with van der Waals surface area (Å²) in [7, 11) is 0. The predicted molar refractivity (Wildman–Crippen MR) is 129 cm³/mol. The zero-order valence-electron chi connectivity index (χ0n) is 18.9. The molecule has 1 N–H and O–H groups in total. The van der Waals surface area contributed by atoms with Crippen LogP contribution in [0.3, 0.4) is 0 Å². The van der Waals surface area contributed by atoms with Gasteiger partial charge in [-0.05, 0) is 69.5 Å². The molecule has 1 atom stereocenters. The highest BCUT2D eigenvalue weighted by Crippen LogP contribution is 2.38. The molecule has 6 nitrogen and oxygen atoms in total. The number of nitrogens with zero attached hydrogens (tertiary/aromatic N) is 2. The first-order chi connectivity index (χ1) is 15.7. The fourth-order valence-corrected chi connectivity index (χ4v) is 5.38. The van der Waals surface area contributed by atoms with E-state index < -0.39 is 23.3 Å². The number of aryl methyl sites for hydroxylation is 2. The minimum Gasteiger partial charge on any atom is -0.351 e. The molecule has 2 amide bonds. The van der Waals surface area contributed by atoms with E-state index in [9.17, 15) is 14.4 Å². The van der Waals surface area contributed by atoms with Crippen LogP contribution < -0.4 is 10.2 Å². The number of fused-ring (bicyclic) bond motifs is 3. The number of aromatic nitrogens is 1. The molecule has 170 valence electrons. The molecule has 5 rings (SSSR count). The van der Waals surface area contributed by atoms with Crippen LogP contribution in [0.2, 0.25) is 5.02 Å². The van der Waals surface area contributed by atoms with Crippen molar-refractivity contribution < 1.29 is 14.4 Å². The Morgan fingerprint density at radius 1 is 1.06 bits per heavy atom. The van der Waals surface area contributed by atoms with E-state index in [-0.39, 0.29) is 11.7 Å². The van der Waals surface area contributed by atoms with Gasteiger partial charge in [0.15, 0.2) is 0 Å². The van der Waals surface area contributed by atoms with E-state index in [4.69, 9.17) is 11.6 Å². The summed E-state index contributed by atoms with van der Waals surface area (Å²) in [6.45, 7) is 5.41. The number of hydrogen-bond acceptors (Lipinski definition) is 3. The van der Waals surface area contributed by atoms with E-state index >= 15 is 0 Å². The average molecular weight is 464 g/mol. The van der Waals surface area contributed by atoms with E-state index in [2.05, 4.69) is 5.32 Å². The van der Waals surface area contributed by atoms with Crippen molar-refractivity contribution in [1.29, 1.82) is 0 Å². The van der Waals surface area contributed by atoms with Gasteiger partial charge in [-0.2, -0.15) is 0 Å². The molecular formula is C26H26ClN3O3. The number of benzene rings is 2. The number of halogens is 1. The molecule has 3 aromatic rings. The lowest BCUT2D eigenvalue weighted by molar-refractivity contribution is -0.125. The summed E-state index contributed by atoms with van der Waals surface area (Å²) < 4.78 is 1.38. The highest BCUT2D eigenvalue weighted by molar-refractivity contribution is 6.32. The summed E-state index contributed by atoms with van der Waals surface area (Å²) in [6, 6.07) is 12.5. The second kappa shape index (κ2) is 7.73. The molecule has 1 fully saturated rings. The van der Waals surface area contributed by atoms with Gasteiger partial charge in [-0.1, -0.05) is 42.1 Å². The van der Waals surface area contributed by atoms with Crippen LogP contribution in [-0.2, 0) is 4.79 Å². The zero-order chi connectivity index (χ0) is 23.5. The highest BCUT2D eigenvalue weighted by atomic mass is 35.5. The van der Waals surface area contributed by atoms with Gasteiger partial charge in [0.25, 0.3) is 17.7 Å². The summed E-state index contributed by atoms with van der Waals surface area (Å²) in [5.41, 5.74) is 1.46. The molecule has 2 heterocycles. The van der Waals surface area contributed by atoms with Gasteiger partial charge in [0.2, 0.25) is 5.54 Å². The van der Waals surface area contributed by atoms with Crippen molar-refractivity contribution in [3.05, 3.63) is 64.3 Å². The number of anilines is 1. The Morgan fingerprint density at radius 3 is 2.48 bits per heavy atom. The Kier molecular flexibility index (Phi) is 5.09. The monoisotopic (exact) mass is 463 g/mol. The van der Waals surface area contributed by atoms with Crippen molar-refractivity contribution >= 4 is 45.9 Å². The van der Waals surface area contributed by atoms with Crippen LogP contribution in [0.4, 0.5) is 5.69 Å². The molecule has 0 unspecified atom stereocenters. The molecular weight excluding hydrogens is 438 g/mol. The molecule has 0 spiro atoms. The second-order valence-corrected chi connectivity index (χ2v) is 9.77. The fourth-order valence-electron chi connectivity index (χ4n) is 5.19. The average Bonchev–Trinajstić information content (AvgIpc) is 3.41. The molecule has 0 saturated heterocycles. The van der Waals surface area contributed by atoms with Crippen LogP contribution in [0.5, 0.6) is 0 Å². The molecule has 1 aliphatic heterocycles. The molecule has 0 bridgehead atoms. The Morgan fingerprint density at radius 2 is 1.79 bits per heavy atom. The van der Waals surface area contributed by atoms with Gasteiger partial charge in [-0.25, -0.2) is 0 Å². The molecule has 33 heavy (non-hydrogen) atoms. The molecule has 1 aliphatic carbocycles.